The summed E-state index contributed by atoms with van der Waals surface area (Å²) in [5, 5.41) is 12.7. The smallest absolute Gasteiger partial charge is 0.167 e. The first-order valence-electron chi connectivity index (χ1n) is 6.09. The summed E-state index contributed by atoms with van der Waals surface area (Å²) in [7, 11) is 0. The molecule has 0 saturated heterocycles. The van der Waals surface area contributed by atoms with Crippen LogP contribution in [0.2, 0.25) is 0 Å². The minimum absolute atomic E-state index is 0.106. The second-order valence-electron chi connectivity index (χ2n) is 4.28. The summed E-state index contributed by atoms with van der Waals surface area (Å²) in [6.45, 7) is -0.106. The van der Waals surface area contributed by atoms with E-state index in [0.29, 0.717) is 11.5 Å². The van der Waals surface area contributed by atoms with Crippen LogP contribution in [0.15, 0.2) is 65.2 Å². The molecule has 0 bridgehead atoms. The molecular formula is C16H13NO2. The fraction of sp³-hybridized carbons (Fsp3) is 0.0625. The van der Waals surface area contributed by atoms with Gasteiger partial charge < -0.3 is 9.63 Å². The summed E-state index contributed by atoms with van der Waals surface area (Å²) in [4.78, 5) is 0. The van der Waals surface area contributed by atoms with Crippen LogP contribution in [-0.4, -0.2) is 10.3 Å². The molecule has 2 aromatic carbocycles. The van der Waals surface area contributed by atoms with Crippen molar-refractivity contribution in [2.24, 2.45) is 0 Å². The van der Waals surface area contributed by atoms with E-state index in [4.69, 9.17) is 9.63 Å². The summed E-state index contributed by atoms with van der Waals surface area (Å²) in [6.07, 6.45) is 0. The Labute approximate surface area is 111 Å². The first-order valence-corrected chi connectivity index (χ1v) is 6.09. The molecule has 3 rings (SSSR count). The summed E-state index contributed by atoms with van der Waals surface area (Å²) < 4.78 is 5.18. The van der Waals surface area contributed by atoms with Gasteiger partial charge in [-0.25, -0.2) is 0 Å². The van der Waals surface area contributed by atoms with Gasteiger partial charge in [-0.1, -0.05) is 59.8 Å². The van der Waals surface area contributed by atoms with Crippen LogP contribution in [0.25, 0.3) is 22.5 Å². The molecule has 19 heavy (non-hydrogen) atoms. The quantitative estimate of drug-likeness (QED) is 0.775. The van der Waals surface area contributed by atoms with E-state index < -0.39 is 0 Å². The largest absolute Gasteiger partial charge is 0.390 e. The Kier molecular flexibility index (Phi) is 3.12. The highest BCUT2D eigenvalue weighted by molar-refractivity contribution is 5.68. The normalized spacial score (nSPS) is 10.6. The number of hydrogen-bond donors (Lipinski definition) is 1. The molecule has 0 atom stereocenters. The third-order valence-electron chi connectivity index (χ3n) is 3.00. The van der Waals surface area contributed by atoms with Gasteiger partial charge in [-0.3, -0.25) is 0 Å². The molecule has 94 valence electrons. The van der Waals surface area contributed by atoms with Crippen LogP contribution >= 0.6 is 0 Å². The average Bonchev–Trinajstić information content (AvgIpc) is 2.97. The molecule has 1 heterocycles. The van der Waals surface area contributed by atoms with E-state index in [-0.39, 0.29) is 6.61 Å². The Morgan fingerprint density at radius 2 is 1.47 bits per heavy atom. The molecule has 0 saturated carbocycles. The Morgan fingerprint density at radius 1 is 0.842 bits per heavy atom. The summed E-state index contributed by atoms with van der Waals surface area (Å²) >= 11 is 0. The Bertz CT molecular complexity index is 657. The zero-order chi connectivity index (χ0) is 13.1. The highest BCUT2D eigenvalue weighted by Gasteiger charge is 2.06. The summed E-state index contributed by atoms with van der Waals surface area (Å²) in [5.41, 5.74) is 3.84. The molecule has 0 unspecified atom stereocenters. The number of aliphatic hydroxyl groups is 1. The van der Waals surface area contributed by atoms with Crippen molar-refractivity contribution in [2.75, 3.05) is 0 Å². The van der Waals surface area contributed by atoms with Crippen LogP contribution in [0.3, 0.4) is 0 Å². The maximum absolute atomic E-state index is 8.97. The number of aliphatic hydroxyl groups excluding tert-OH is 1. The van der Waals surface area contributed by atoms with E-state index in [0.717, 1.165) is 11.1 Å². The van der Waals surface area contributed by atoms with E-state index in [1.54, 1.807) is 6.07 Å². The minimum Gasteiger partial charge on any atom is -0.390 e. The van der Waals surface area contributed by atoms with Crippen molar-refractivity contribution in [3.8, 4) is 22.5 Å². The molecule has 3 nitrogen and oxygen atoms in total. The molecule has 1 N–H and O–H groups in total. The van der Waals surface area contributed by atoms with Gasteiger partial charge in [0.25, 0.3) is 0 Å². The van der Waals surface area contributed by atoms with Crippen molar-refractivity contribution >= 4 is 0 Å². The van der Waals surface area contributed by atoms with Crippen molar-refractivity contribution in [2.45, 2.75) is 6.61 Å². The van der Waals surface area contributed by atoms with Gasteiger partial charge in [-0.15, -0.1) is 0 Å². The lowest BCUT2D eigenvalue weighted by molar-refractivity contribution is 0.267. The molecule has 0 fully saturated rings. The molecule has 0 aliphatic carbocycles. The lowest BCUT2D eigenvalue weighted by Gasteiger charge is -2.02. The van der Waals surface area contributed by atoms with E-state index in [1.807, 2.05) is 42.5 Å². The number of hydrogen-bond acceptors (Lipinski definition) is 3. The predicted molar refractivity (Wildman–Crippen MR) is 73.3 cm³/mol. The topological polar surface area (TPSA) is 46.3 Å². The number of aromatic nitrogens is 1. The van der Waals surface area contributed by atoms with Crippen LogP contribution in [0.5, 0.6) is 0 Å². The van der Waals surface area contributed by atoms with Gasteiger partial charge in [0.1, 0.15) is 5.69 Å². The fourth-order valence-corrected chi connectivity index (χ4v) is 1.98. The highest BCUT2D eigenvalue weighted by Crippen LogP contribution is 2.25. The van der Waals surface area contributed by atoms with E-state index >= 15 is 0 Å². The second kappa shape index (κ2) is 5.08. The van der Waals surface area contributed by atoms with Crippen molar-refractivity contribution in [3.05, 3.63) is 66.4 Å². The molecule has 3 aromatic rings. The van der Waals surface area contributed by atoms with Gasteiger partial charge in [-0.2, -0.15) is 0 Å². The third-order valence-corrected chi connectivity index (χ3v) is 3.00. The van der Waals surface area contributed by atoms with Crippen LogP contribution in [0, 0.1) is 0 Å². The summed E-state index contributed by atoms with van der Waals surface area (Å²) in [6, 6.07) is 20.0. The number of rotatable bonds is 3. The van der Waals surface area contributed by atoms with Crippen molar-refractivity contribution < 1.29 is 9.63 Å². The predicted octanol–water partition coefficient (Wildman–Crippen LogP) is 3.50. The first-order chi connectivity index (χ1) is 9.36. The Hall–Kier alpha value is -2.39. The lowest BCUT2D eigenvalue weighted by Crippen LogP contribution is -1.79. The van der Waals surface area contributed by atoms with Crippen molar-refractivity contribution in [3.63, 3.8) is 0 Å². The Balaban J connectivity index is 1.90. The highest BCUT2D eigenvalue weighted by atomic mass is 16.5. The number of benzene rings is 2. The van der Waals surface area contributed by atoms with Gasteiger partial charge in [0.2, 0.25) is 0 Å². The molecule has 0 aliphatic heterocycles. The molecule has 0 aliphatic rings. The van der Waals surface area contributed by atoms with Gasteiger partial charge in [0.15, 0.2) is 5.76 Å². The van der Waals surface area contributed by atoms with E-state index in [9.17, 15) is 0 Å². The molecule has 1 aromatic heterocycles. The average molecular weight is 251 g/mol. The van der Waals surface area contributed by atoms with E-state index in [2.05, 4.69) is 17.3 Å². The molecule has 0 amide bonds. The van der Waals surface area contributed by atoms with E-state index in [1.165, 1.54) is 5.56 Å². The maximum atomic E-state index is 8.97. The minimum atomic E-state index is -0.106. The monoisotopic (exact) mass is 251 g/mol. The van der Waals surface area contributed by atoms with Crippen LogP contribution < -0.4 is 0 Å². The standard InChI is InChI=1S/C16H13NO2/c18-11-15-10-16(19-17-15)14-8-6-13(7-9-14)12-4-2-1-3-5-12/h1-10,18H,11H2. The van der Waals surface area contributed by atoms with Crippen molar-refractivity contribution in [1.82, 2.24) is 5.16 Å². The van der Waals surface area contributed by atoms with Gasteiger partial charge in [0.05, 0.1) is 6.61 Å². The number of nitrogens with zero attached hydrogens (tertiary/aromatic N) is 1. The molecule has 0 spiro atoms. The summed E-state index contributed by atoms with van der Waals surface area (Å²) in [5.74, 6) is 0.670. The molecule has 3 heteroatoms. The maximum Gasteiger partial charge on any atom is 0.167 e. The molecular weight excluding hydrogens is 238 g/mol. The van der Waals surface area contributed by atoms with Crippen LogP contribution in [0.1, 0.15) is 5.69 Å². The molecule has 0 radical (unpaired) electrons. The second-order valence-corrected chi connectivity index (χ2v) is 4.28. The van der Waals surface area contributed by atoms with Gasteiger partial charge >= 0.3 is 0 Å². The zero-order valence-corrected chi connectivity index (χ0v) is 10.3. The SMILES string of the molecule is OCc1cc(-c2ccc(-c3ccccc3)cc2)on1. The van der Waals surface area contributed by atoms with Gasteiger partial charge in [0, 0.05) is 11.6 Å². The lowest BCUT2D eigenvalue weighted by atomic mass is 10.0. The van der Waals surface area contributed by atoms with Crippen LogP contribution in [-0.2, 0) is 6.61 Å². The third kappa shape index (κ3) is 2.41. The first kappa shape index (κ1) is 11.7. The Morgan fingerprint density at radius 3 is 2.11 bits per heavy atom. The van der Waals surface area contributed by atoms with Crippen molar-refractivity contribution in [1.29, 1.82) is 0 Å². The van der Waals surface area contributed by atoms with Gasteiger partial charge in [-0.05, 0) is 11.1 Å². The fourth-order valence-electron chi connectivity index (χ4n) is 1.98. The zero-order valence-electron chi connectivity index (χ0n) is 10.3. The van der Waals surface area contributed by atoms with Crippen LogP contribution in [0.4, 0.5) is 0 Å².